The molecule has 0 aromatic heterocycles. The van der Waals surface area contributed by atoms with Crippen molar-refractivity contribution in [3.8, 4) is 0 Å². The molecule has 4 N–H and O–H groups in total. The van der Waals surface area contributed by atoms with Gasteiger partial charge in [0.05, 0.1) is 32.0 Å². The van der Waals surface area contributed by atoms with Crippen molar-refractivity contribution in [3.63, 3.8) is 0 Å². The number of aliphatic hydroxyl groups is 2. The minimum absolute atomic E-state index is 0. The number of amides is 1. The Kier molecular flexibility index (Phi) is 34.9. The van der Waals surface area contributed by atoms with E-state index in [-0.39, 0.29) is 82.3 Å². The monoisotopic (exact) mass is 642 g/mol. The van der Waals surface area contributed by atoms with Crippen LogP contribution in [0.1, 0.15) is 118 Å². The molecule has 0 fully saturated rings. The van der Waals surface area contributed by atoms with Gasteiger partial charge in [-0.3, -0.25) is 24.4 Å². The predicted molar refractivity (Wildman–Crippen MR) is 166 cm³/mol. The molecule has 0 saturated heterocycles. The van der Waals surface area contributed by atoms with Crippen LogP contribution in [-0.4, -0.2) is 138 Å². The summed E-state index contributed by atoms with van der Waals surface area (Å²) >= 11 is 0. The van der Waals surface area contributed by atoms with Crippen LogP contribution in [0.4, 0.5) is 0 Å². The smallest absolute Gasteiger partial charge is 0.862 e. The van der Waals surface area contributed by atoms with Gasteiger partial charge in [0.15, 0.2) is 0 Å². The van der Waals surface area contributed by atoms with E-state index >= 15 is 0 Å². The number of aliphatic imine (C=N–C) groups is 1. The van der Waals surface area contributed by atoms with Crippen molar-refractivity contribution in [1.29, 1.82) is 0 Å². The van der Waals surface area contributed by atoms with Gasteiger partial charge in [-0.1, -0.05) is 65.2 Å². The number of hydrogen-bond acceptors (Lipinski definition) is 10. The fourth-order valence-electron chi connectivity index (χ4n) is 4.02. The minimum Gasteiger partial charge on any atom is -0.862 e. The van der Waals surface area contributed by atoms with E-state index in [0.717, 1.165) is 38.5 Å². The average molecular weight is 643 g/mol. The van der Waals surface area contributed by atoms with Crippen molar-refractivity contribution in [2.45, 2.75) is 130 Å². The molecule has 43 heavy (non-hydrogen) atoms. The summed E-state index contributed by atoms with van der Waals surface area (Å²) in [5.74, 6) is -2.20. The Morgan fingerprint density at radius 1 is 0.744 bits per heavy atom. The fourth-order valence-corrected chi connectivity index (χ4v) is 4.02. The van der Waals surface area contributed by atoms with E-state index in [9.17, 15) is 34.8 Å². The summed E-state index contributed by atoms with van der Waals surface area (Å²) in [6.45, 7) is 9.15. The van der Waals surface area contributed by atoms with Crippen LogP contribution in [-0.2, 0) is 14.4 Å². The molecule has 0 heterocycles. The standard InChI is InChI=1S/2C15H30N2O4.Ca/c2*1-3-4-5-6-7-8-14(19)16-12-17(11-13(2)18)10-9-15(20)21;/h2*13,18H,3-12H2,1-2H3,(H,16,19)(H,20,21);/q;;+2/p-2. The van der Waals surface area contributed by atoms with Crippen LogP contribution in [0.2, 0.25) is 0 Å². The normalized spacial score (nSPS) is 12.7. The maximum atomic E-state index is 11.7. The number of rotatable bonds is 26. The molecule has 0 aliphatic heterocycles. The van der Waals surface area contributed by atoms with E-state index in [1.54, 1.807) is 23.6 Å². The molecule has 0 rings (SSSR count). The number of carboxylic acid groups (broad SMARTS) is 2. The fraction of sp³-hybridized carbons (Fsp3) is 0.867. The Morgan fingerprint density at radius 3 is 1.72 bits per heavy atom. The second kappa shape index (κ2) is 32.4. The molecule has 0 aliphatic carbocycles. The molecular weight excluding hydrogens is 584 g/mol. The second-order valence-electron chi connectivity index (χ2n) is 10.9. The first kappa shape index (κ1) is 46.4. The molecule has 0 radical (unpaired) electrons. The van der Waals surface area contributed by atoms with Crippen LogP contribution < -0.4 is 15.5 Å². The van der Waals surface area contributed by atoms with Gasteiger partial charge in [0.25, 0.3) is 0 Å². The number of aliphatic hydroxyl groups excluding tert-OH is 2. The number of carbonyl (C=O) groups is 3. The number of aliphatic carboxylic acids is 2. The van der Waals surface area contributed by atoms with Crippen LogP contribution in [0.25, 0.3) is 0 Å². The van der Waals surface area contributed by atoms with E-state index < -0.39 is 24.1 Å². The number of carboxylic acids is 2. The molecule has 13 heteroatoms. The van der Waals surface area contributed by atoms with Crippen molar-refractivity contribution < 1.29 is 39.9 Å². The molecule has 0 bridgehead atoms. The molecule has 2 unspecified atom stereocenters. The van der Waals surface area contributed by atoms with Gasteiger partial charge in [-0.15, -0.1) is 0 Å². The van der Waals surface area contributed by atoms with E-state index in [1.807, 2.05) is 0 Å². The number of unbranched alkanes of at least 4 members (excludes halogenated alkanes) is 8. The van der Waals surface area contributed by atoms with Crippen molar-refractivity contribution in [2.75, 3.05) is 39.5 Å². The van der Waals surface area contributed by atoms with E-state index in [4.69, 9.17) is 5.11 Å². The Balaban J connectivity index is -0.000000727. The molecule has 0 saturated carbocycles. The van der Waals surface area contributed by atoms with Crippen LogP contribution in [0.15, 0.2) is 4.99 Å². The first-order chi connectivity index (χ1) is 19.9. The number of hydrogen-bond donors (Lipinski definition) is 4. The third kappa shape index (κ3) is 37.1. The van der Waals surface area contributed by atoms with E-state index in [2.05, 4.69) is 24.2 Å². The Hall–Kier alpha value is -1.02. The van der Waals surface area contributed by atoms with Crippen LogP contribution in [0.3, 0.4) is 0 Å². The van der Waals surface area contributed by atoms with E-state index in [0.29, 0.717) is 32.5 Å². The molecule has 12 nitrogen and oxygen atoms in total. The van der Waals surface area contributed by atoms with Gasteiger partial charge in [-0.25, -0.2) is 0 Å². The van der Waals surface area contributed by atoms with Gasteiger partial charge in [0, 0.05) is 38.6 Å². The molecule has 0 spiro atoms. The first-order valence-corrected chi connectivity index (χ1v) is 15.6. The number of nitrogens with one attached hydrogen (secondary N) is 1. The first-order valence-electron chi connectivity index (χ1n) is 15.6. The zero-order valence-corrected chi connectivity index (χ0v) is 29.4. The Labute approximate surface area is 289 Å². The Morgan fingerprint density at radius 2 is 1.23 bits per heavy atom. The molecule has 0 aromatic carbocycles. The summed E-state index contributed by atoms with van der Waals surface area (Å²) in [6, 6.07) is 0. The maximum absolute atomic E-state index is 11.7. The molecule has 0 aliphatic rings. The minimum atomic E-state index is -1.15. The number of carbonyl (C=O) groups excluding carboxylic acids is 2. The summed E-state index contributed by atoms with van der Waals surface area (Å²) in [4.78, 5) is 40.1. The van der Waals surface area contributed by atoms with Gasteiger partial charge < -0.3 is 35.6 Å². The third-order valence-corrected chi connectivity index (χ3v) is 6.27. The van der Waals surface area contributed by atoms with Gasteiger partial charge >= 0.3 is 43.7 Å². The zero-order chi connectivity index (χ0) is 32.2. The Bertz CT molecular complexity index is 726. The molecule has 248 valence electrons. The van der Waals surface area contributed by atoms with E-state index in [1.165, 1.54) is 25.7 Å². The van der Waals surface area contributed by atoms with Gasteiger partial charge in [-0.05, 0) is 45.4 Å². The number of nitrogens with zero attached hydrogens (tertiary/aromatic N) is 3. The van der Waals surface area contributed by atoms with Crippen molar-refractivity contribution in [2.24, 2.45) is 4.99 Å². The van der Waals surface area contributed by atoms with Crippen LogP contribution in [0.5, 0.6) is 0 Å². The summed E-state index contributed by atoms with van der Waals surface area (Å²) in [6.07, 6.45) is 10.6. The van der Waals surface area contributed by atoms with Crippen molar-refractivity contribution >= 4 is 61.5 Å². The molecular formula is C30H58CaN4O8. The molecule has 0 aromatic rings. The topological polar surface area (TPSA) is 189 Å². The van der Waals surface area contributed by atoms with Crippen molar-refractivity contribution in [1.82, 2.24) is 15.1 Å². The van der Waals surface area contributed by atoms with Gasteiger partial charge in [-0.2, -0.15) is 0 Å². The van der Waals surface area contributed by atoms with Crippen LogP contribution >= 0.6 is 0 Å². The maximum Gasteiger partial charge on any atom is 2.00 e. The average Bonchev–Trinajstić information content (AvgIpc) is 2.91. The SMILES string of the molecule is CCCCCCCC(=O)NCN(CCC(=O)O)CC(C)O.CCCCCCCC([O-])=NCN(CCC(=O)[O-])CC(C)O.[Ca+2]. The molecule has 2 atom stereocenters. The molecule has 1 amide bonds. The second-order valence-corrected chi connectivity index (χ2v) is 10.9. The van der Waals surface area contributed by atoms with Gasteiger partial charge in [0.1, 0.15) is 0 Å². The quantitative estimate of drug-likeness (QED) is 0.0349. The summed E-state index contributed by atoms with van der Waals surface area (Å²) in [5, 5.41) is 52.3. The summed E-state index contributed by atoms with van der Waals surface area (Å²) in [7, 11) is 0. The zero-order valence-electron chi connectivity index (χ0n) is 27.2. The summed E-state index contributed by atoms with van der Waals surface area (Å²) in [5.41, 5.74) is 0. The van der Waals surface area contributed by atoms with Crippen molar-refractivity contribution in [3.05, 3.63) is 0 Å². The largest absolute Gasteiger partial charge is 2.00 e. The van der Waals surface area contributed by atoms with Gasteiger partial charge in [0.2, 0.25) is 5.91 Å². The third-order valence-electron chi connectivity index (χ3n) is 6.27. The van der Waals surface area contributed by atoms with Crippen LogP contribution in [0, 0.1) is 0 Å². The summed E-state index contributed by atoms with van der Waals surface area (Å²) < 4.78 is 0. The predicted octanol–water partition coefficient (Wildman–Crippen LogP) is 1.08.